The Balaban J connectivity index is 1.80. The average Bonchev–Trinajstić information content (AvgIpc) is 3.07. The number of rotatable bonds is 3. The predicted octanol–water partition coefficient (Wildman–Crippen LogP) is 1.75. The molecule has 0 saturated carbocycles. The molecule has 0 saturated heterocycles. The summed E-state index contributed by atoms with van der Waals surface area (Å²) >= 11 is 0. The van der Waals surface area contributed by atoms with Crippen molar-refractivity contribution in [1.29, 1.82) is 0 Å². The summed E-state index contributed by atoms with van der Waals surface area (Å²) in [5.74, 6) is 0.306. The van der Waals surface area contributed by atoms with Crippen molar-refractivity contribution < 1.29 is 13.5 Å². The van der Waals surface area contributed by atoms with E-state index >= 15 is 0 Å². The van der Waals surface area contributed by atoms with Crippen molar-refractivity contribution in [3.05, 3.63) is 48.7 Å². The summed E-state index contributed by atoms with van der Waals surface area (Å²) in [4.78, 5) is 16.2. The second-order valence-corrected chi connectivity index (χ2v) is 8.04. The number of nitrogen functional groups attached to an aromatic ring is 1. The normalized spacial score (nSPS) is 11.7. The van der Waals surface area contributed by atoms with Crippen LogP contribution >= 0.6 is 0 Å². The molecule has 136 valence electrons. The Labute approximate surface area is 154 Å². The Morgan fingerprint density at radius 1 is 1.07 bits per heavy atom. The standard InChI is InChI=1S/C18H15N5O3S/c1-27(25,26)11-7-5-10(6-8-11)13-9-20-17(19)16(21-13)18-22-12-3-2-4-14(24)15(12)23-18/h2-9,24H,1H3,(H2,19,20)(H,22,23)/p-1. The zero-order chi connectivity index (χ0) is 19.2. The fourth-order valence-electron chi connectivity index (χ4n) is 2.70. The first-order valence-corrected chi connectivity index (χ1v) is 9.81. The number of hydrogen-bond donors (Lipinski definition) is 2. The molecular weight excluding hydrogens is 366 g/mol. The van der Waals surface area contributed by atoms with Crippen molar-refractivity contribution in [2.75, 3.05) is 12.0 Å². The molecule has 4 aromatic rings. The Hall–Kier alpha value is -3.46. The number of aromatic nitrogens is 4. The maximum absolute atomic E-state index is 11.9. The van der Waals surface area contributed by atoms with Crippen LogP contribution in [0.5, 0.6) is 5.75 Å². The van der Waals surface area contributed by atoms with Gasteiger partial charge in [-0.05, 0) is 18.2 Å². The van der Waals surface area contributed by atoms with Crippen molar-refractivity contribution in [2.24, 2.45) is 0 Å². The van der Waals surface area contributed by atoms with E-state index in [0.717, 1.165) is 6.26 Å². The molecule has 2 aromatic carbocycles. The highest BCUT2D eigenvalue weighted by molar-refractivity contribution is 7.90. The number of fused-ring (bicyclic) bond motifs is 1. The first-order valence-electron chi connectivity index (χ1n) is 7.92. The van der Waals surface area contributed by atoms with Crippen LogP contribution in [0.25, 0.3) is 33.8 Å². The maximum atomic E-state index is 11.9. The van der Waals surface area contributed by atoms with Crippen LogP contribution in [0.1, 0.15) is 0 Å². The Kier molecular flexibility index (Phi) is 3.81. The van der Waals surface area contributed by atoms with Crippen LogP contribution in [0.4, 0.5) is 5.82 Å². The largest absolute Gasteiger partial charge is 0.871 e. The van der Waals surface area contributed by atoms with E-state index in [4.69, 9.17) is 5.73 Å². The average molecular weight is 380 g/mol. The zero-order valence-electron chi connectivity index (χ0n) is 14.2. The topological polar surface area (TPSA) is 138 Å². The summed E-state index contributed by atoms with van der Waals surface area (Å²) in [6, 6.07) is 11.1. The minimum Gasteiger partial charge on any atom is -0.871 e. The maximum Gasteiger partial charge on any atom is 0.175 e. The van der Waals surface area contributed by atoms with Crippen molar-refractivity contribution in [2.45, 2.75) is 4.90 Å². The van der Waals surface area contributed by atoms with Crippen molar-refractivity contribution in [3.8, 4) is 28.5 Å². The highest BCUT2D eigenvalue weighted by atomic mass is 32.2. The van der Waals surface area contributed by atoms with Gasteiger partial charge in [0.1, 0.15) is 5.69 Å². The molecule has 27 heavy (non-hydrogen) atoms. The van der Waals surface area contributed by atoms with Crippen LogP contribution < -0.4 is 10.8 Å². The highest BCUT2D eigenvalue weighted by Gasteiger charge is 2.14. The number of aromatic amines is 1. The van der Waals surface area contributed by atoms with Gasteiger partial charge in [-0.3, -0.25) is 0 Å². The molecule has 0 unspecified atom stereocenters. The second-order valence-electron chi connectivity index (χ2n) is 6.02. The highest BCUT2D eigenvalue weighted by Crippen LogP contribution is 2.28. The van der Waals surface area contributed by atoms with E-state index in [1.54, 1.807) is 24.3 Å². The number of nitrogens with zero attached hydrogens (tertiary/aromatic N) is 3. The van der Waals surface area contributed by atoms with E-state index in [0.29, 0.717) is 33.8 Å². The van der Waals surface area contributed by atoms with E-state index in [1.165, 1.54) is 24.4 Å². The van der Waals surface area contributed by atoms with Crippen molar-refractivity contribution in [3.63, 3.8) is 0 Å². The number of hydrogen-bond acceptors (Lipinski definition) is 7. The number of anilines is 1. The number of para-hydroxylation sites is 1. The molecule has 0 aliphatic carbocycles. The van der Waals surface area contributed by atoms with Crippen molar-refractivity contribution in [1.82, 2.24) is 19.9 Å². The van der Waals surface area contributed by atoms with Gasteiger partial charge < -0.3 is 15.8 Å². The fourth-order valence-corrected chi connectivity index (χ4v) is 3.33. The SMILES string of the molecule is CS(=O)(=O)c1ccc(-c2cnc(N)c(-c3nc4c([O-])cccc4[nH]3)n2)cc1. The molecule has 0 fully saturated rings. The molecule has 0 aliphatic heterocycles. The lowest BCUT2D eigenvalue weighted by Crippen LogP contribution is -2.00. The number of H-pyrrole nitrogens is 1. The van der Waals surface area contributed by atoms with Crippen LogP contribution in [0.2, 0.25) is 0 Å². The van der Waals surface area contributed by atoms with E-state index in [1.807, 2.05) is 0 Å². The molecule has 0 aliphatic rings. The zero-order valence-corrected chi connectivity index (χ0v) is 15.0. The lowest BCUT2D eigenvalue weighted by molar-refractivity contribution is -0.266. The van der Waals surface area contributed by atoms with Gasteiger partial charge in [-0.25, -0.2) is 23.4 Å². The van der Waals surface area contributed by atoms with Gasteiger partial charge in [0, 0.05) is 11.8 Å². The third-order valence-electron chi connectivity index (χ3n) is 4.08. The monoisotopic (exact) mass is 380 g/mol. The third kappa shape index (κ3) is 3.08. The van der Waals surface area contributed by atoms with E-state index in [2.05, 4.69) is 19.9 Å². The molecule has 0 bridgehead atoms. The molecule has 2 heterocycles. The molecule has 4 rings (SSSR count). The first kappa shape index (κ1) is 17.0. The summed E-state index contributed by atoms with van der Waals surface area (Å²) in [6.07, 6.45) is 2.64. The van der Waals surface area contributed by atoms with Gasteiger partial charge in [0.05, 0.1) is 27.8 Å². The Bertz CT molecular complexity index is 1260. The van der Waals surface area contributed by atoms with Crippen LogP contribution in [0, 0.1) is 0 Å². The molecule has 2 aromatic heterocycles. The molecule has 0 atom stereocenters. The summed E-state index contributed by atoms with van der Waals surface area (Å²) in [7, 11) is -3.28. The van der Waals surface area contributed by atoms with Gasteiger partial charge in [0.15, 0.2) is 21.5 Å². The lowest BCUT2D eigenvalue weighted by atomic mass is 10.1. The number of nitrogens with two attached hydrogens (primary N) is 1. The van der Waals surface area contributed by atoms with Gasteiger partial charge in [-0.1, -0.05) is 30.0 Å². The minimum absolute atomic E-state index is 0.165. The van der Waals surface area contributed by atoms with Gasteiger partial charge in [-0.15, -0.1) is 0 Å². The molecule has 9 heteroatoms. The van der Waals surface area contributed by atoms with Gasteiger partial charge in [-0.2, -0.15) is 0 Å². The predicted molar refractivity (Wildman–Crippen MR) is 99.5 cm³/mol. The van der Waals surface area contributed by atoms with Crippen LogP contribution in [-0.2, 0) is 9.84 Å². The number of sulfone groups is 1. The molecular formula is C18H14N5O3S-. The van der Waals surface area contributed by atoms with E-state index in [9.17, 15) is 13.5 Å². The van der Waals surface area contributed by atoms with Crippen LogP contribution in [-0.4, -0.2) is 34.6 Å². The van der Waals surface area contributed by atoms with E-state index < -0.39 is 9.84 Å². The number of nitrogens with one attached hydrogen (secondary N) is 1. The van der Waals surface area contributed by atoms with Crippen LogP contribution in [0.15, 0.2) is 53.6 Å². The van der Waals surface area contributed by atoms with Crippen LogP contribution in [0.3, 0.4) is 0 Å². The molecule has 8 nitrogen and oxygen atoms in total. The smallest absolute Gasteiger partial charge is 0.175 e. The number of imidazole rings is 1. The minimum atomic E-state index is -3.28. The quantitative estimate of drug-likeness (QED) is 0.552. The third-order valence-corrected chi connectivity index (χ3v) is 5.21. The molecule has 0 spiro atoms. The van der Waals surface area contributed by atoms with Gasteiger partial charge in [0.25, 0.3) is 0 Å². The summed E-state index contributed by atoms with van der Waals surface area (Å²) in [6.45, 7) is 0. The Morgan fingerprint density at radius 2 is 1.81 bits per heavy atom. The fraction of sp³-hybridized carbons (Fsp3) is 0.0556. The Morgan fingerprint density at radius 3 is 2.48 bits per heavy atom. The number of benzene rings is 2. The van der Waals surface area contributed by atoms with Gasteiger partial charge >= 0.3 is 0 Å². The molecule has 0 amide bonds. The van der Waals surface area contributed by atoms with Gasteiger partial charge in [0.2, 0.25) is 0 Å². The second kappa shape index (κ2) is 6.06. The lowest BCUT2D eigenvalue weighted by Gasteiger charge is -2.06. The summed E-state index contributed by atoms with van der Waals surface area (Å²) in [5.41, 5.74) is 8.33. The van der Waals surface area contributed by atoms with E-state index in [-0.39, 0.29) is 16.5 Å². The summed E-state index contributed by atoms with van der Waals surface area (Å²) in [5, 5.41) is 11.9. The molecule has 3 N–H and O–H groups in total. The van der Waals surface area contributed by atoms with Crippen molar-refractivity contribution >= 4 is 26.7 Å². The molecule has 0 radical (unpaired) electrons. The first-order chi connectivity index (χ1) is 12.8. The summed E-state index contributed by atoms with van der Waals surface area (Å²) < 4.78 is 23.2.